The topological polar surface area (TPSA) is 78.5 Å². The Bertz CT molecular complexity index is 994. The fourth-order valence-electron chi connectivity index (χ4n) is 3.63. The van der Waals surface area contributed by atoms with Crippen LogP contribution in [0.15, 0.2) is 60.0 Å². The lowest BCUT2D eigenvalue weighted by molar-refractivity contribution is 0.0797. The number of hydrogen-bond acceptors (Lipinski definition) is 4. The van der Waals surface area contributed by atoms with Gasteiger partial charge in [0, 0.05) is 23.3 Å². The standard InChI is InChI=1S/C24H31N3O3S/c1-24(2,27-16-7-4-8-17-27)19-25-23(28)21-11-13-22(14-12-21)26-31(29,30)18-15-20-9-5-3-6-10-20/h3,5-6,9-15,18,26H,4,7-8,16-17,19H2,1-2H3,(H,25,28)/b18-15+. The molecule has 2 aromatic rings. The number of benzene rings is 2. The van der Waals surface area contributed by atoms with E-state index in [9.17, 15) is 13.2 Å². The Morgan fingerprint density at radius 3 is 2.29 bits per heavy atom. The van der Waals surface area contributed by atoms with Crippen molar-refractivity contribution >= 4 is 27.7 Å². The number of nitrogens with one attached hydrogen (secondary N) is 2. The van der Waals surface area contributed by atoms with E-state index in [1.165, 1.54) is 25.3 Å². The number of carbonyl (C=O) groups excluding carboxylic acids is 1. The first-order chi connectivity index (χ1) is 14.8. The number of amides is 1. The number of nitrogens with zero attached hydrogens (tertiary/aromatic N) is 1. The lowest BCUT2D eigenvalue weighted by atomic mass is 9.98. The van der Waals surface area contributed by atoms with Gasteiger partial charge in [-0.25, -0.2) is 8.42 Å². The third-order valence-corrected chi connectivity index (χ3v) is 6.55. The molecule has 0 aromatic heterocycles. The average Bonchev–Trinajstić information content (AvgIpc) is 2.78. The van der Waals surface area contributed by atoms with Gasteiger partial charge < -0.3 is 5.32 Å². The second kappa shape index (κ2) is 10.1. The van der Waals surface area contributed by atoms with E-state index < -0.39 is 10.0 Å². The molecule has 2 aromatic carbocycles. The molecule has 0 spiro atoms. The van der Waals surface area contributed by atoms with Gasteiger partial charge in [-0.3, -0.25) is 14.4 Å². The Kier molecular flexibility index (Phi) is 7.51. The maximum atomic E-state index is 12.6. The highest BCUT2D eigenvalue weighted by Crippen LogP contribution is 2.20. The lowest BCUT2D eigenvalue weighted by Crippen LogP contribution is -2.53. The highest BCUT2D eigenvalue weighted by atomic mass is 32.2. The van der Waals surface area contributed by atoms with Gasteiger partial charge in [0.2, 0.25) is 0 Å². The predicted octanol–water partition coefficient (Wildman–Crippen LogP) is 4.09. The van der Waals surface area contributed by atoms with Crippen LogP contribution in [0.4, 0.5) is 5.69 Å². The van der Waals surface area contributed by atoms with Gasteiger partial charge in [-0.05, 0) is 75.7 Å². The van der Waals surface area contributed by atoms with Gasteiger partial charge in [-0.2, -0.15) is 0 Å². The maximum absolute atomic E-state index is 12.6. The molecule has 1 fully saturated rings. The van der Waals surface area contributed by atoms with Crippen molar-refractivity contribution in [2.24, 2.45) is 0 Å². The Balaban J connectivity index is 1.55. The molecule has 0 aliphatic carbocycles. The van der Waals surface area contributed by atoms with Gasteiger partial charge in [0.15, 0.2) is 0 Å². The largest absolute Gasteiger partial charge is 0.350 e. The van der Waals surface area contributed by atoms with Crippen molar-refractivity contribution in [3.8, 4) is 0 Å². The van der Waals surface area contributed by atoms with Crippen LogP contribution in [0.5, 0.6) is 0 Å². The van der Waals surface area contributed by atoms with Crippen molar-refractivity contribution in [2.75, 3.05) is 24.4 Å². The molecule has 0 atom stereocenters. The predicted molar refractivity (Wildman–Crippen MR) is 126 cm³/mol. The molecule has 2 N–H and O–H groups in total. The van der Waals surface area contributed by atoms with Crippen LogP contribution in [0.2, 0.25) is 0 Å². The molecule has 0 radical (unpaired) electrons. The molecule has 1 aliphatic rings. The molecular weight excluding hydrogens is 410 g/mol. The van der Waals surface area contributed by atoms with Gasteiger partial charge in [-0.1, -0.05) is 36.8 Å². The summed E-state index contributed by atoms with van der Waals surface area (Å²) < 4.78 is 27.0. The summed E-state index contributed by atoms with van der Waals surface area (Å²) in [5.74, 6) is -0.163. The number of sulfonamides is 1. The second-order valence-corrected chi connectivity index (χ2v) is 10.0. The molecule has 3 rings (SSSR count). The summed E-state index contributed by atoms with van der Waals surface area (Å²) in [4.78, 5) is 15.0. The van der Waals surface area contributed by atoms with Crippen molar-refractivity contribution in [3.05, 3.63) is 71.1 Å². The molecule has 0 unspecified atom stereocenters. The number of hydrogen-bond donors (Lipinski definition) is 2. The number of anilines is 1. The van der Waals surface area contributed by atoms with Crippen LogP contribution in [0, 0.1) is 0 Å². The molecular formula is C24H31N3O3S. The summed E-state index contributed by atoms with van der Waals surface area (Å²) in [7, 11) is -3.64. The first kappa shape index (κ1) is 23.0. The number of carbonyl (C=O) groups is 1. The van der Waals surface area contributed by atoms with Crippen LogP contribution in [0.3, 0.4) is 0 Å². The van der Waals surface area contributed by atoms with E-state index in [0.717, 1.165) is 24.1 Å². The van der Waals surface area contributed by atoms with Crippen LogP contribution >= 0.6 is 0 Å². The number of likely N-dealkylation sites (tertiary alicyclic amines) is 1. The van der Waals surface area contributed by atoms with Crippen LogP contribution < -0.4 is 10.0 Å². The number of piperidine rings is 1. The average molecular weight is 442 g/mol. The second-order valence-electron chi connectivity index (χ2n) is 8.48. The highest BCUT2D eigenvalue weighted by molar-refractivity contribution is 7.95. The molecule has 7 heteroatoms. The Hall–Kier alpha value is -2.64. The summed E-state index contributed by atoms with van der Waals surface area (Å²) in [6.07, 6.45) is 5.22. The Labute approximate surface area is 185 Å². The highest BCUT2D eigenvalue weighted by Gasteiger charge is 2.28. The van der Waals surface area contributed by atoms with Gasteiger partial charge in [0.05, 0.1) is 5.41 Å². The monoisotopic (exact) mass is 441 g/mol. The Morgan fingerprint density at radius 2 is 1.65 bits per heavy atom. The summed E-state index contributed by atoms with van der Waals surface area (Å²) in [5.41, 5.74) is 1.60. The fraction of sp³-hybridized carbons (Fsp3) is 0.375. The lowest BCUT2D eigenvalue weighted by Gasteiger charge is -2.41. The molecule has 0 bridgehead atoms. The van der Waals surface area contributed by atoms with E-state index in [2.05, 4.69) is 28.8 Å². The summed E-state index contributed by atoms with van der Waals surface area (Å²) in [5, 5.41) is 4.14. The van der Waals surface area contributed by atoms with Gasteiger partial charge in [0.25, 0.3) is 15.9 Å². The molecule has 31 heavy (non-hydrogen) atoms. The molecule has 166 valence electrons. The normalized spacial score (nSPS) is 15.7. The third kappa shape index (κ3) is 6.94. The Morgan fingerprint density at radius 1 is 1.00 bits per heavy atom. The quantitative estimate of drug-likeness (QED) is 0.647. The van der Waals surface area contributed by atoms with E-state index >= 15 is 0 Å². The van der Waals surface area contributed by atoms with Crippen LogP contribution in [0.1, 0.15) is 49.0 Å². The zero-order valence-electron chi connectivity index (χ0n) is 18.2. The minimum Gasteiger partial charge on any atom is -0.350 e. The van der Waals surface area contributed by atoms with E-state index in [4.69, 9.17) is 0 Å². The van der Waals surface area contributed by atoms with Crippen LogP contribution in [0.25, 0.3) is 6.08 Å². The van der Waals surface area contributed by atoms with E-state index in [1.54, 1.807) is 24.3 Å². The molecule has 1 heterocycles. The van der Waals surface area contributed by atoms with Crippen molar-refractivity contribution in [1.29, 1.82) is 0 Å². The zero-order chi connectivity index (χ0) is 22.3. The van der Waals surface area contributed by atoms with E-state index in [0.29, 0.717) is 17.8 Å². The third-order valence-electron chi connectivity index (χ3n) is 5.54. The fourth-order valence-corrected chi connectivity index (χ4v) is 4.50. The smallest absolute Gasteiger partial charge is 0.255 e. The molecule has 1 aliphatic heterocycles. The zero-order valence-corrected chi connectivity index (χ0v) is 19.0. The van der Waals surface area contributed by atoms with Crippen molar-refractivity contribution < 1.29 is 13.2 Å². The van der Waals surface area contributed by atoms with Crippen LogP contribution in [-0.4, -0.2) is 44.4 Å². The first-order valence-electron chi connectivity index (χ1n) is 10.6. The minimum absolute atomic E-state index is 0.100. The van der Waals surface area contributed by atoms with Crippen molar-refractivity contribution in [2.45, 2.75) is 38.6 Å². The molecule has 1 amide bonds. The summed E-state index contributed by atoms with van der Waals surface area (Å²) in [6, 6.07) is 15.7. The number of rotatable bonds is 8. The van der Waals surface area contributed by atoms with Gasteiger partial charge in [0.1, 0.15) is 0 Å². The minimum atomic E-state index is -3.64. The maximum Gasteiger partial charge on any atom is 0.255 e. The molecule has 6 nitrogen and oxygen atoms in total. The van der Waals surface area contributed by atoms with Gasteiger partial charge >= 0.3 is 0 Å². The summed E-state index contributed by atoms with van der Waals surface area (Å²) in [6.45, 7) is 7.00. The van der Waals surface area contributed by atoms with E-state index in [-0.39, 0.29) is 11.4 Å². The molecule has 1 saturated heterocycles. The van der Waals surface area contributed by atoms with Crippen LogP contribution in [-0.2, 0) is 10.0 Å². The molecule has 0 saturated carbocycles. The van der Waals surface area contributed by atoms with Crippen molar-refractivity contribution in [3.63, 3.8) is 0 Å². The van der Waals surface area contributed by atoms with Crippen molar-refractivity contribution in [1.82, 2.24) is 10.2 Å². The summed E-state index contributed by atoms with van der Waals surface area (Å²) >= 11 is 0. The first-order valence-corrected chi connectivity index (χ1v) is 12.2. The SMILES string of the molecule is CC(C)(CNC(=O)c1ccc(NS(=O)(=O)/C=C/c2ccccc2)cc1)N1CCCCC1. The van der Waals surface area contributed by atoms with Gasteiger partial charge in [-0.15, -0.1) is 0 Å². The van der Waals surface area contributed by atoms with E-state index in [1.807, 2.05) is 30.3 Å².